The lowest BCUT2D eigenvalue weighted by atomic mass is 9.98. The molecule has 4 rings (SSSR count). The van der Waals surface area contributed by atoms with Gasteiger partial charge in [-0.3, -0.25) is 9.58 Å². The van der Waals surface area contributed by atoms with Gasteiger partial charge in [-0.2, -0.15) is 5.10 Å². The molecule has 0 aliphatic carbocycles. The maximum absolute atomic E-state index is 4.77. The zero-order valence-electron chi connectivity index (χ0n) is 15.8. The number of pyridine rings is 1. The number of hydrogen-bond acceptors (Lipinski definition) is 6. The Balaban J connectivity index is 1.59. The number of anilines is 2. The molecular weight excluding hydrogens is 338 g/mol. The molecule has 0 bridgehead atoms. The Bertz CT molecular complexity index is 890. The molecule has 0 amide bonds. The number of piperidine rings is 1. The molecule has 0 radical (unpaired) electrons. The molecule has 27 heavy (non-hydrogen) atoms. The number of aromatic nitrogens is 5. The number of aryl methyl sites for hydroxylation is 2. The van der Waals surface area contributed by atoms with Crippen molar-refractivity contribution in [3.05, 3.63) is 59.9 Å². The summed E-state index contributed by atoms with van der Waals surface area (Å²) in [5.41, 5.74) is 2.29. The van der Waals surface area contributed by atoms with Crippen molar-refractivity contribution in [3.63, 3.8) is 0 Å². The van der Waals surface area contributed by atoms with E-state index >= 15 is 0 Å². The Hall–Kier alpha value is -2.80. The van der Waals surface area contributed by atoms with Gasteiger partial charge in [-0.05, 0) is 44.5 Å². The maximum Gasteiger partial charge on any atom is 0.135 e. The minimum Gasteiger partial charge on any atom is -0.325 e. The first-order chi connectivity index (χ1) is 13.2. The summed E-state index contributed by atoms with van der Waals surface area (Å²) in [6, 6.07) is 10.2. The van der Waals surface area contributed by atoms with E-state index in [1.54, 1.807) is 6.20 Å². The van der Waals surface area contributed by atoms with Crippen LogP contribution in [-0.2, 0) is 13.6 Å². The fourth-order valence-electron chi connectivity index (χ4n) is 3.67. The van der Waals surface area contributed by atoms with Crippen molar-refractivity contribution < 1.29 is 0 Å². The predicted octanol–water partition coefficient (Wildman–Crippen LogP) is 3.38. The van der Waals surface area contributed by atoms with Gasteiger partial charge < -0.3 is 5.32 Å². The molecule has 0 unspecified atom stereocenters. The van der Waals surface area contributed by atoms with Crippen LogP contribution in [0.25, 0.3) is 0 Å². The van der Waals surface area contributed by atoms with Crippen LogP contribution in [0.4, 0.5) is 11.6 Å². The van der Waals surface area contributed by atoms with Crippen LogP contribution in [0.1, 0.15) is 42.5 Å². The second kappa shape index (κ2) is 7.84. The Morgan fingerprint density at radius 2 is 2.04 bits per heavy atom. The van der Waals surface area contributed by atoms with Crippen LogP contribution in [0, 0.1) is 6.92 Å². The minimum absolute atomic E-state index is 0.291. The van der Waals surface area contributed by atoms with Crippen molar-refractivity contribution in [2.75, 3.05) is 11.9 Å². The molecule has 1 fully saturated rings. The van der Waals surface area contributed by atoms with Gasteiger partial charge in [0, 0.05) is 32.1 Å². The highest BCUT2D eigenvalue weighted by Crippen LogP contribution is 2.32. The lowest BCUT2D eigenvalue weighted by Gasteiger charge is -2.35. The predicted molar refractivity (Wildman–Crippen MR) is 104 cm³/mol. The second-order valence-electron chi connectivity index (χ2n) is 6.99. The van der Waals surface area contributed by atoms with Gasteiger partial charge >= 0.3 is 0 Å². The average Bonchev–Trinajstić information content (AvgIpc) is 3.07. The monoisotopic (exact) mass is 363 g/mol. The van der Waals surface area contributed by atoms with Gasteiger partial charge in [0.15, 0.2) is 0 Å². The molecular formula is C20H25N7. The van der Waals surface area contributed by atoms with E-state index in [0.29, 0.717) is 6.04 Å². The van der Waals surface area contributed by atoms with E-state index in [2.05, 4.69) is 37.4 Å². The van der Waals surface area contributed by atoms with Gasteiger partial charge in [-0.25, -0.2) is 15.0 Å². The highest BCUT2D eigenvalue weighted by molar-refractivity contribution is 5.51. The van der Waals surface area contributed by atoms with Crippen LogP contribution in [0.15, 0.2) is 42.7 Å². The van der Waals surface area contributed by atoms with Crippen molar-refractivity contribution in [3.8, 4) is 0 Å². The summed E-state index contributed by atoms with van der Waals surface area (Å²) in [5, 5.41) is 7.60. The Morgan fingerprint density at radius 3 is 2.81 bits per heavy atom. The van der Waals surface area contributed by atoms with Crippen LogP contribution in [-0.4, -0.2) is 36.2 Å². The van der Waals surface area contributed by atoms with Gasteiger partial charge in [0.25, 0.3) is 0 Å². The fraction of sp³-hybridized carbons (Fsp3) is 0.400. The smallest absolute Gasteiger partial charge is 0.135 e. The van der Waals surface area contributed by atoms with Crippen LogP contribution in [0.5, 0.6) is 0 Å². The molecule has 0 spiro atoms. The van der Waals surface area contributed by atoms with E-state index in [0.717, 1.165) is 42.7 Å². The molecule has 7 heteroatoms. The first-order valence-corrected chi connectivity index (χ1v) is 9.43. The van der Waals surface area contributed by atoms with E-state index in [-0.39, 0.29) is 0 Å². The highest BCUT2D eigenvalue weighted by atomic mass is 15.3. The van der Waals surface area contributed by atoms with E-state index in [4.69, 9.17) is 4.98 Å². The zero-order chi connectivity index (χ0) is 18.6. The summed E-state index contributed by atoms with van der Waals surface area (Å²) >= 11 is 0. The van der Waals surface area contributed by atoms with Gasteiger partial charge in [0.2, 0.25) is 0 Å². The van der Waals surface area contributed by atoms with E-state index in [1.807, 2.05) is 43.0 Å². The maximum atomic E-state index is 4.77. The van der Waals surface area contributed by atoms with Crippen molar-refractivity contribution >= 4 is 11.6 Å². The van der Waals surface area contributed by atoms with Crippen molar-refractivity contribution in [1.29, 1.82) is 0 Å². The first-order valence-electron chi connectivity index (χ1n) is 9.43. The Kier molecular flexibility index (Phi) is 5.11. The third-order valence-corrected chi connectivity index (χ3v) is 5.02. The molecule has 1 N–H and O–H groups in total. The van der Waals surface area contributed by atoms with E-state index in [1.165, 1.54) is 18.5 Å². The molecule has 7 nitrogen and oxygen atoms in total. The van der Waals surface area contributed by atoms with Crippen molar-refractivity contribution in [2.45, 2.75) is 38.8 Å². The average molecular weight is 363 g/mol. The molecule has 1 aliphatic rings. The summed E-state index contributed by atoms with van der Waals surface area (Å²) in [7, 11) is 2.00. The van der Waals surface area contributed by atoms with Crippen LogP contribution in [0.2, 0.25) is 0 Å². The summed E-state index contributed by atoms with van der Waals surface area (Å²) in [6.45, 7) is 3.90. The third-order valence-electron chi connectivity index (χ3n) is 5.02. The quantitative estimate of drug-likeness (QED) is 0.749. The standard InChI is InChI=1S/C20H25N7/c1-15-23-17(13-20(24-15)25-19-8-3-5-10-21-19)18-7-4-6-12-27(18)14-16-9-11-22-26(16)2/h3,5,8-11,13,18H,4,6-7,12,14H2,1-2H3,(H,21,23,24,25)/t18-/m1/s1. The Morgan fingerprint density at radius 1 is 1.11 bits per heavy atom. The number of likely N-dealkylation sites (tertiary alicyclic amines) is 1. The molecule has 3 aromatic rings. The highest BCUT2D eigenvalue weighted by Gasteiger charge is 2.26. The number of nitrogens with zero attached hydrogens (tertiary/aromatic N) is 6. The SMILES string of the molecule is Cc1nc(Nc2ccccn2)cc([C@H]2CCCCN2Cc2ccnn2C)n1. The fourth-order valence-corrected chi connectivity index (χ4v) is 3.67. The number of rotatable bonds is 5. The first kappa shape index (κ1) is 17.6. The molecule has 1 aliphatic heterocycles. The summed E-state index contributed by atoms with van der Waals surface area (Å²) in [4.78, 5) is 16.1. The van der Waals surface area contributed by atoms with E-state index < -0.39 is 0 Å². The van der Waals surface area contributed by atoms with Gasteiger partial charge in [0.05, 0.1) is 17.4 Å². The summed E-state index contributed by atoms with van der Waals surface area (Å²) < 4.78 is 1.95. The molecule has 0 saturated carbocycles. The third kappa shape index (κ3) is 4.14. The molecule has 3 aromatic heterocycles. The van der Waals surface area contributed by atoms with Gasteiger partial charge in [-0.1, -0.05) is 12.5 Å². The molecule has 1 saturated heterocycles. The molecule has 4 heterocycles. The second-order valence-corrected chi connectivity index (χ2v) is 6.99. The Labute approximate surface area is 159 Å². The lowest BCUT2D eigenvalue weighted by molar-refractivity contribution is 0.133. The van der Waals surface area contributed by atoms with Crippen molar-refractivity contribution in [1.82, 2.24) is 29.6 Å². The van der Waals surface area contributed by atoms with Crippen LogP contribution >= 0.6 is 0 Å². The lowest BCUT2D eigenvalue weighted by Crippen LogP contribution is -2.34. The van der Waals surface area contributed by atoms with Gasteiger partial charge in [0.1, 0.15) is 17.5 Å². The minimum atomic E-state index is 0.291. The number of hydrogen-bond donors (Lipinski definition) is 1. The molecule has 1 atom stereocenters. The number of nitrogens with one attached hydrogen (secondary N) is 1. The van der Waals surface area contributed by atoms with E-state index in [9.17, 15) is 0 Å². The van der Waals surface area contributed by atoms with Crippen LogP contribution in [0.3, 0.4) is 0 Å². The zero-order valence-corrected chi connectivity index (χ0v) is 15.8. The van der Waals surface area contributed by atoms with Gasteiger partial charge in [-0.15, -0.1) is 0 Å². The normalized spacial score (nSPS) is 17.8. The summed E-state index contributed by atoms with van der Waals surface area (Å²) in [5.74, 6) is 2.36. The largest absolute Gasteiger partial charge is 0.325 e. The van der Waals surface area contributed by atoms with Crippen molar-refractivity contribution in [2.24, 2.45) is 7.05 Å². The van der Waals surface area contributed by atoms with Crippen LogP contribution < -0.4 is 5.32 Å². The summed E-state index contributed by atoms with van der Waals surface area (Å²) in [6.07, 6.45) is 7.18. The topological polar surface area (TPSA) is 71.8 Å². The molecule has 140 valence electrons. The molecule has 0 aromatic carbocycles.